The maximum Gasteiger partial charge on any atom is 0.233 e. The Hall–Kier alpha value is -1.01. The summed E-state index contributed by atoms with van der Waals surface area (Å²) in [5, 5.41) is 1.02. The zero-order chi connectivity index (χ0) is 15.9. The molecule has 0 unspecified atom stereocenters. The van der Waals surface area contributed by atoms with Gasteiger partial charge in [-0.2, -0.15) is 0 Å². The summed E-state index contributed by atoms with van der Waals surface area (Å²) in [5.74, 6) is 1.33. The van der Waals surface area contributed by atoms with Crippen molar-refractivity contribution in [2.75, 3.05) is 36.8 Å². The fourth-order valence-corrected chi connectivity index (χ4v) is 3.51. The van der Waals surface area contributed by atoms with Crippen LogP contribution < -0.4 is 4.90 Å². The van der Waals surface area contributed by atoms with Crippen LogP contribution in [0, 0.1) is 0 Å². The predicted molar refractivity (Wildman–Crippen MR) is 91.8 cm³/mol. The van der Waals surface area contributed by atoms with Crippen molar-refractivity contribution in [3.63, 3.8) is 0 Å². The summed E-state index contributed by atoms with van der Waals surface area (Å²) in [6, 6.07) is 1.81. The number of aromatic nitrogens is 2. The lowest BCUT2D eigenvalue weighted by molar-refractivity contribution is -0.127. The van der Waals surface area contributed by atoms with E-state index in [0.717, 1.165) is 32.0 Å². The summed E-state index contributed by atoms with van der Waals surface area (Å²) in [5.41, 5.74) is 0. The Bertz CT molecular complexity index is 504. The Morgan fingerprint density at radius 1 is 1.27 bits per heavy atom. The molecule has 0 aliphatic carbocycles. The molecule has 0 N–H and O–H groups in total. The zero-order valence-corrected chi connectivity index (χ0v) is 14.8. The Balaban J connectivity index is 2.01. The molecule has 1 amide bonds. The fourth-order valence-electron chi connectivity index (χ4n) is 2.53. The van der Waals surface area contributed by atoms with Gasteiger partial charge in [0.15, 0.2) is 5.16 Å². The lowest BCUT2D eigenvalue weighted by atomic mass is 10.1. The Labute approximate surface area is 141 Å². The normalized spacial score (nSPS) is 15.0. The Morgan fingerprint density at radius 2 is 1.95 bits per heavy atom. The third-order valence-corrected chi connectivity index (χ3v) is 4.81. The number of rotatable bonds is 6. The molecule has 7 heteroatoms. The van der Waals surface area contributed by atoms with Gasteiger partial charge >= 0.3 is 0 Å². The van der Waals surface area contributed by atoms with E-state index in [4.69, 9.17) is 11.6 Å². The molecule has 1 aromatic rings. The van der Waals surface area contributed by atoms with Gasteiger partial charge in [-0.1, -0.05) is 23.4 Å². The maximum atomic E-state index is 12.1. The molecule has 122 valence electrons. The van der Waals surface area contributed by atoms with Crippen molar-refractivity contribution >= 4 is 35.1 Å². The summed E-state index contributed by atoms with van der Waals surface area (Å²) in [7, 11) is 0. The van der Waals surface area contributed by atoms with Crippen molar-refractivity contribution < 1.29 is 4.79 Å². The molecular formula is C15H23ClN4OS. The van der Waals surface area contributed by atoms with Crippen molar-refractivity contribution in [1.29, 1.82) is 0 Å². The van der Waals surface area contributed by atoms with E-state index in [0.29, 0.717) is 16.1 Å². The lowest BCUT2D eigenvalue weighted by Gasteiger charge is -2.27. The minimum Gasteiger partial charge on any atom is -0.356 e. The molecule has 1 aliphatic rings. The lowest BCUT2D eigenvalue weighted by Crippen LogP contribution is -2.32. The smallest absolute Gasteiger partial charge is 0.233 e. The Morgan fingerprint density at radius 3 is 2.59 bits per heavy atom. The number of thioether (sulfide) groups is 1. The van der Waals surface area contributed by atoms with E-state index < -0.39 is 0 Å². The van der Waals surface area contributed by atoms with E-state index in [1.807, 2.05) is 24.8 Å². The van der Waals surface area contributed by atoms with Crippen LogP contribution in [0.1, 0.15) is 33.1 Å². The molecule has 1 saturated heterocycles. The molecular weight excluding hydrogens is 320 g/mol. The van der Waals surface area contributed by atoms with Gasteiger partial charge in [0.1, 0.15) is 11.0 Å². The van der Waals surface area contributed by atoms with Gasteiger partial charge in [-0.05, 0) is 33.1 Å². The van der Waals surface area contributed by atoms with E-state index in [9.17, 15) is 4.79 Å². The quantitative estimate of drug-likeness (QED) is 0.451. The Kier molecular flexibility index (Phi) is 6.76. The van der Waals surface area contributed by atoms with Gasteiger partial charge in [0.05, 0.1) is 5.75 Å². The van der Waals surface area contributed by atoms with Crippen LogP contribution in [-0.2, 0) is 4.79 Å². The second kappa shape index (κ2) is 8.58. The molecule has 0 saturated carbocycles. The molecule has 1 fully saturated rings. The van der Waals surface area contributed by atoms with Gasteiger partial charge in [-0.15, -0.1) is 0 Å². The second-order valence-corrected chi connectivity index (χ2v) is 6.56. The van der Waals surface area contributed by atoms with Crippen LogP contribution in [-0.4, -0.2) is 52.7 Å². The first-order valence-electron chi connectivity index (χ1n) is 7.84. The SMILES string of the molecule is CCN(CC)C(=O)CSc1nc(Cl)cc(N2CCCCC2)n1. The number of halogens is 1. The highest BCUT2D eigenvalue weighted by Gasteiger charge is 2.16. The van der Waals surface area contributed by atoms with Crippen LogP contribution in [0.25, 0.3) is 0 Å². The largest absolute Gasteiger partial charge is 0.356 e. The highest BCUT2D eigenvalue weighted by atomic mass is 35.5. The summed E-state index contributed by atoms with van der Waals surface area (Å²) < 4.78 is 0. The first kappa shape index (κ1) is 17.3. The molecule has 22 heavy (non-hydrogen) atoms. The molecule has 0 radical (unpaired) electrons. The summed E-state index contributed by atoms with van der Waals surface area (Å²) >= 11 is 7.47. The molecule has 0 spiro atoms. The van der Waals surface area contributed by atoms with Crippen LogP contribution in [0.5, 0.6) is 0 Å². The second-order valence-electron chi connectivity index (χ2n) is 5.23. The van der Waals surface area contributed by atoms with Gasteiger partial charge in [-0.3, -0.25) is 4.79 Å². The van der Waals surface area contributed by atoms with Crippen LogP contribution in [0.3, 0.4) is 0 Å². The van der Waals surface area contributed by atoms with Crippen molar-refractivity contribution in [2.45, 2.75) is 38.3 Å². The highest BCUT2D eigenvalue weighted by molar-refractivity contribution is 7.99. The predicted octanol–water partition coefficient (Wildman–Crippen LogP) is 3.08. The minimum atomic E-state index is 0.109. The third-order valence-electron chi connectivity index (χ3n) is 3.78. The van der Waals surface area contributed by atoms with E-state index in [1.54, 1.807) is 0 Å². The molecule has 2 rings (SSSR count). The number of nitrogens with zero attached hydrogens (tertiary/aromatic N) is 4. The molecule has 1 aromatic heterocycles. The topological polar surface area (TPSA) is 49.3 Å². The van der Waals surface area contributed by atoms with Crippen molar-refractivity contribution in [2.24, 2.45) is 0 Å². The van der Waals surface area contributed by atoms with E-state index >= 15 is 0 Å². The van der Waals surface area contributed by atoms with Gasteiger partial charge < -0.3 is 9.80 Å². The molecule has 5 nitrogen and oxygen atoms in total. The first-order chi connectivity index (χ1) is 10.6. The number of carbonyl (C=O) groups excluding carboxylic acids is 1. The molecule has 2 heterocycles. The average Bonchev–Trinajstić information content (AvgIpc) is 2.54. The first-order valence-corrected chi connectivity index (χ1v) is 9.20. The summed E-state index contributed by atoms with van der Waals surface area (Å²) in [6.07, 6.45) is 3.64. The fraction of sp³-hybridized carbons (Fsp3) is 0.667. The number of carbonyl (C=O) groups is 1. The third kappa shape index (κ3) is 4.74. The maximum absolute atomic E-state index is 12.1. The molecule has 1 aliphatic heterocycles. The number of piperidine rings is 1. The number of amides is 1. The zero-order valence-electron chi connectivity index (χ0n) is 13.2. The summed E-state index contributed by atoms with van der Waals surface area (Å²) in [4.78, 5) is 24.9. The van der Waals surface area contributed by atoms with Crippen molar-refractivity contribution in [3.8, 4) is 0 Å². The van der Waals surface area contributed by atoms with E-state index in [-0.39, 0.29) is 5.91 Å². The molecule has 0 atom stereocenters. The minimum absolute atomic E-state index is 0.109. The van der Waals surface area contributed by atoms with E-state index in [1.165, 1.54) is 31.0 Å². The van der Waals surface area contributed by atoms with Gasteiger partial charge in [0, 0.05) is 32.2 Å². The van der Waals surface area contributed by atoms with Gasteiger partial charge in [0.2, 0.25) is 5.91 Å². The van der Waals surface area contributed by atoms with Crippen LogP contribution in [0.4, 0.5) is 5.82 Å². The number of anilines is 1. The van der Waals surface area contributed by atoms with Crippen molar-refractivity contribution in [1.82, 2.24) is 14.9 Å². The van der Waals surface area contributed by atoms with Crippen LogP contribution >= 0.6 is 23.4 Å². The number of hydrogen-bond acceptors (Lipinski definition) is 5. The standard InChI is InChI=1S/C15H23ClN4OS/c1-3-19(4-2)14(21)11-22-15-17-12(16)10-13(18-15)20-8-6-5-7-9-20/h10H,3-9,11H2,1-2H3. The van der Waals surface area contributed by atoms with Gasteiger partial charge in [-0.25, -0.2) is 9.97 Å². The average molecular weight is 343 g/mol. The highest BCUT2D eigenvalue weighted by Crippen LogP contribution is 2.24. The summed E-state index contributed by atoms with van der Waals surface area (Å²) in [6.45, 7) is 7.44. The van der Waals surface area contributed by atoms with Crippen LogP contribution in [0.2, 0.25) is 5.15 Å². The molecule has 0 aromatic carbocycles. The molecule has 0 bridgehead atoms. The van der Waals surface area contributed by atoms with E-state index in [2.05, 4.69) is 14.9 Å². The van der Waals surface area contributed by atoms with Gasteiger partial charge in [0.25, 0.3) is 0 Å². The number of hydrogen-bond donors (Lipinski definition) is 0. The van der Waals surface area contributed by atoms with Crippen molar-refractivity contribution in [3.05, 3.63) is 11.2 Å². The van der Waals surface area contributed by atoms with Crippen LogP contribution in [0.15, 0.2) is 11.2 Å². The monoisotopic (exact) mass is 342 g/mol.